The zero-order valence-electron chi connectivity index (χ0n) is 10.2. The third-order valence-corrected chi connectivity index (χ3v) is 2.93. The van der Waals surface area contributed by atoms with Crippen molar-refractivity contribution in [2.75, 3.05) is 13.7 Å². The van der Waals surface area contributed by atoms with Crippen LogP contribution >= 0.6 is 15.9 Å². The Bertz CT molecular complexity index is 353. The van der Waals surface area contributed by atoms with Crippen molar-refractivity contribution in [2.24, 2.45) is 0 Å². The summed E-state index contributed by atoms with van der Waals surface area (Å²) in [6.45, 7) is 6.67. The average molecular weight is 288 g/mol. The average Bonchev–Trinajstić information content (AvgIpc) is 2.21. The highest BCUT2D eigenvalue weighted by atomic mass is 79.9. The number of pyridine rings is 1. The van der Waals surface area contributed by atoms with E-state index >= 15 is 0 Å². The van der Waals surface area contributed by atoms with E-state index in [1.807, 2.05) is 26.8 Å². The van der Waals surface area contributed by atoms with Crippen LogP contribution in [0.2, 0.25) is 0 Å². The van der Waals surface area contributed by atoms with Gasteiger partial charge in [-0.25, -0.2) is 4.98 Å². The highest BCUT2D eigenvalue weighted by Crippen LogP contribution is 2.20. The van der Waals surface area contributed by atoms with E-state index in [9.17, 15) is 0 Å². The molecule has 0 aliphatic carbocycles. The third-order valence-electron chi connectivity index (χ3n) is 2.49. The van der Waals surface area contributed by atoms with Crippen molar-refractivity contribution in [3.8, 4) is 5.88 Å². The number of aromatic nitrogens is 1. The molecule has 0 N–H and O–H groups in total. The van der Waals surface area contributed by atoms with Gasteiger partial charge in [0.05, 0.1) is 12.2 Å². The van der Waals surface area contributed by atoms with Crippen LogP contribution in [-0.2, 0) is 4.74 Å². The van der Waals surface area contributed by atoms with Gasteiger partial charge in [0.1, 0.15) is 0 Å². The van der Waals surface area contributed by atoms with E-state index < -0.39 is 0 Å². The van der Waals surface area contributed by atoms with Gasteiger partial charge in [-0.15, -0.1) is 0 Å². The van der Waals surface area contributed by atoms with E-state index in [4.69, 9.17) is 9.47 Å². The summed E-state index contributed by atoms with van der Waals surface area (Å²) in [5, 5.41) is 0. The standard InChI is InChI=1S/C12H18BrNO2/c1-9-7-10(13)8-14-11(9)16-6-5-12(2,3)15-4/h7-8H,5-6H2,1-4H3. The van der Waals surface area contributed by atoms with Crippen LogP contribution in [0.4, 0.5) is 0 Å². The van der Waals surface area contributed by atoms with Gasteiger partial charge in [0.15, 0.2) is 0 Å². The van der Waals surface area contributed by atoms with Crippen molar-refractivity contribution in [3.05, 3.63) is 22.3 Å². The monoisotopic (exact) mass is 287 g/mol. The summed E-state index contributed by atoms with van der Waals surface area (Å²) in [5.41, 5.74) is 0.882. The van der Waals surface area contributed by atoms with Crippen molar-refractivity contribution in [1.82, 2.24) is 4.98 Å². The van der Waals surface area contributed by atoms with Crippen LogP contribution < -0.4 is 4.74 Å². The topological polar surface area (TPSA) is 31.4 Å². The summed E-state index contributed by atoms with van der Waals surface area (Å²) in [7, 11) is 1.71. The Morgan fingerprint density at radius 3 is 2.69 bits per heavy atom. The lowest BCUT2D eigenvalue weighted by Gasteiger charge is -2.22. The summed E-state index contributed by atoms with van der Waals surface area (Å²) in [5.74, 6) is 0.690. The van der Waals surface area contributed by atoms with Crippen LogP contribution in [0.1, 0.15) is 25.8 Å². The van der Waals surface area contributed by atoms with Gasteiger partial charge in [0, 0.05) is 29.8 Å². The molecule has 16 heavy (non-hydrogen) atoms. The first-order chi connectivity index (χ1) is 7.44. The maximum Gasteiger partial charge on any atom is 0.216 e. The zero-order chi connectivity index (χ0) is 12.2. The summed E-state index contributed by atoms with van der Waals surface area (Å²) in [4.78, 5) is 4.21. The molecule has 0 atom stereocenters. The Kier molecular flexibility index (Phi) is 4.74. The molecule has 1 aromatic rings. The van der Waals surface area contributed by atoms with Gasteiger partial charge in [0.2, 0.25) is 5.88 Å². The predicted molar refractivity (Wildman–Crippen MR) is 67.9 cm³/mol. The summed E-state index contributed by atoms with van der Waals surface area (Å²) in [6, 6.07) is 1.99. The first-order valence-electron chi connectivity index (χ1n) is 5.25. The van der Waals surface area contributed by atoms with E-state index in [0.717, 1.165) is 16.5 Å². The molecule has 0 bridgehead atoms. The molecular formula is C12H18BrNO2. The number of halogens is 1. The zero-order valence-corrected chi connectivity index (χ0v) is 11.8. The van der Waals surface area contributed by atoms with Crippen molar-refractivity contribution >= 4 is 15.9 Å². The van der Waals surface area contributed by atoms with E-state index in [0.29, 0.717) is 12.5 Å². The molecule has 0 radical (unpaired) electrons. The minimum Gasteiger partial charge on any atom is -0.477 e. The Balaban J connectivity index is 2.49. The molecule has 0 fully saturated rings. The summed E-state index contributed by atoms with van der Waals surface area (Å²) >= 11 is 3.37. The highest BCUT2D eigenvalue weighted by Gasteiger charge is 2.16. The van der Waals surface area contributed by atoms with Crippen molar-refractivity contribution < 1.29 is 9.47 Å². The molecule has 0 amide bonds. The van der Waals surface area contributed by atoms with Crippen LogP contribution in [0, 0.1) is 6.92 Å². The minimum absolute atomic E-state index is 0.150. The van der Waals surface area contributed by atoms with Gasteiger partial charge in [0.25, 0.3) is 0 Å². The van der Waals surface area contributed by atoms with E-state index in [1.54, 1.807) is 13.3 Å². The van der Waals surface area contributed by atoms with Gasteiger partial charge in [-0.3, -0.25) is 0 Å². The van der Waals surface area contributed by atoms with Gasteiger partial charge >= 0.3 is 0 Å². The van der Waals surface area contributed by atoms with Crippen LogP contribution in [0.5, 0.6) is 5.88 Å². The molecule has 1 heterocycles. The Hall–Kier alpha value is -0.610. The Morgan fingerprint density at radius 2 is 2.12 bits per heavy atom. The van der Waals surface area contributed by atoms with E-state index in [1.165, 1.54) is 0 Å². The molecular weight excluding hydrogens is 270 g/mol. The van der Waals surface area contributed by atoms with E-state index in [2.05, 4.69) is 20.9 Å². The second-order valence-corrected chi connectivity index (χ2v) is 5.25. The largest absolute Gasteiger partial charge is 0.477 e. The molecule has 0 aliphatic heterocycles. The van der Waals surface area contributed by atoms with Crippen LogP contribution in [0.3, 0.4) is 0 Å². The summed E-state index contributed by atoms with van der Waals surface area (Å²) < 4.78 is 11.9. The quantitative estimate of drug-likeness (QED) is 0.832. The third kappa shape index (κ3) is 4.10. The molecule has 90 valence electrons. The SMILES string of the molecule is COC(C)(C)CCOc1ncc(Br)cc1C. The Labute approximate surface area is 105 Å². The van der Waals surface area contributed by atoms with Crippen molar-refractivity contribution in [2.45, 2.75) is 32.8 Å². The maximum absolute atomic E-state index is 5.62. The van der Waals surface area contributed by atoms with E-state index in [-0.39, 0.29) is 5.60 Å². The lowest BCUT2D eigenvalue weighted by atomic mass is 10.1. The van der Waals surface area contributed by atoms with Crippen LogP contribution in [0.15, 0.2) is 16.7 Å². The first kappa shape index (κ1) is 13.5. The second kappa shape index (κ2) is 5.64. The normalized spacial score (nSPS) is 11.6. The van der Waals surface area contributed by atoms with Crippen LogP contribution in [-0.4, -0.2) is 24.3 Å². The van der Waals surface area contributed by atoms with Gasteiger partial charge in [-0.2, -0.15) is 0 Å². The number of rotatable bonds is 5. The van der Waals surface area contributed by atoms with Gasteiger partial charge < -0.3 is 9.47 Å². The molecule has 0 saturated carbocycles. The fourth-order valence-electron chi connectivity index (χ4n) is 1.17. The maximum atomic E-state index is 5.62. The lowest BCUT2D eigenvalue weighted by molar-refractivity contribution is 0.00502. The fourth-order valence-corrected chi connectivity index (χ4v) is 1.62. The molecule has 4 heteroatoms. The first-order valence-corrected chi connectivity index (χ1v) is 6.04. The van der Waals surface area contributed by atoms with Crippen molar-refractivity contribution in [1.29, 1.82) is 0 Å². The Morgan fingerprint density at radius 1 is 1.44 bits per heavy atom. The van der Waals surface area contributed by atoms with Crippen molar-refractivity contribution in [3.63, 3.8) is 0 Å². The molecule has 0 aliphatic rings. The minimum atomic E-state index is -0.150. The number of methoxy groups -OCH3 is 1. The van der Waals surface area contributed by atoms with Gasteiger partial charge in [-0.1, -0.05) is 0 Å². The molecule has 1 aromatic heterocycles. The lowest BCUT2D eigenvalue weighted by Crippen LogP contribution is -2.25. The smallest absolute Gasteiger partial charge is 0.216 e. The number of aryl methyl sites for hydroxylation is 1. The molecule has 0 spiro atoms. The number of nitrogens with zero attached hydrogens (tertiary/aromatic N) is 1. The summed E-state index contributed by atoms with van der Waals surface area (Å²) in [6.07, 6.45) is 2.57. The van der Waals surface area contributed by atoms with Crippen LogP contribution in [0.25, 0.3) is 0 Å². The fraction of sp³-hybridized carbons (Fsp3) is 0.583. The number of ether oxygens (including phenoxy) is 2. The van der Waals surface area contributed by atoms with Gasteiger partial charge in [-0.05, 0) is 42.8 Å². The number of hydrogen-bond donors (Lipinski definition) is 0. The molecule has 3 nitrogen and oxygen atoms in total. The number of hydrogen-bond acceptors (Lipinski definition) is 3. The second-order valence-electron chi connectivity index (χ2n) is 4.34. The molecule has 0 saturated heterocycles. The molecule has 1 rings (SSSR count). The molecule has 0 aromatic carbocycles. The molecule has 0 unspecified atom stereocenters. The highest BCUT2D eigenvalue weighted by molar-refractivity contribution is 9.10. The predicted octanol–water partition coefficient (Wildman–Crippen LogP) is 3.35.